The van der Waals surface area contributed by atoms with E-state index >= 15 is 0 Å². The first kappa shape index (κ1) is 34.2. The van der Waals surface area contributed by atoms with Crippen molar-refractivity contribution in [2.75, 3.05) is 11.9 Å². The van der Waals surface area contributed by atoms with Crippen LogP contribution in [-0.4, -0.2) is 76.6 Å². The molecule has 0 saturated carbocycles. The molecule has 0 saturated heterocycles. The highest BCUT2D eigenvalue weighted by Gasteiger charge is 2.28. The average molecular weight is 638 g/mol. The Hall–Kier alpha value is -5.31. The zero-order chi connectivity index (χ0) is 32.9. The number of benzene rings is 2. The molecule has 0 spiro atoms. The maximum absolute atomic E-state index is 13.2. The Bertz CT molecular complexity index is 1500. The molecule has 0 radical (unpaired) electrons. The standard InChI is InChI=1S/C30H35N7O7S/c1-17(27(42)34-18(2)28(43)37-23(26(31)41)12-20-8-10-21(39)11-9-20)35-29(44)24(13-19-6-4-3-5-7-19)36-25(40)15-33-30-32-14-22(16-38)45-30/h3-11,14,16-18,23-24,39H,12-13,15H2,1-2H3,(H2,31,41)(H,32,33)(H,34,42)(H,35,44)(H,36,40)(H,37,43)/t17-,18-,23-,24-/m0/s1. The molecule has 1 aromatic heterocycles. The van der Waals surface area contributed by atoms with Crippen molar-refractivity contribution in [3.05, 3.63) is 76.8 Å². The molecule has 45 heavy (non-hydrogen) atoms. The molecule has 0 bridgehead atoms. The molecule has 8 N–H and O–H groups in total. The Morgan fingerprint density at radius 3 is 2.00 bits per heavy atom. The van der Waals surface area contributed by atoms with Crippen LogP contribution in [0.15, 0.2) is 60.8 Å². The fourth-order valence-corrected chi connectivity index (χ4v) is 4.68. The first-order chi connectivity index (χ1) is 21.4. The lowest BCUT2D eigenvalue weighted by atomic mass is 10.0. The maximum Gasteiger partial charge on any atom is 0.243 e. The third kappa shape index (κ3) is 11.0. The molecular formula is C30H35N7O7S. The maximum atomic E-state index is 13.2. The van der Waals surface area contributed by atoms with E-state index < -0.39 is 53.7 Å². The normalized spacial score (nSPS) is 13.3. The highest BCUT2D eigenvalue weighted by Crippen LogP contribution is 2.15. The van der Waals surface area contributed by atoms with Gasteiger partial charge in [0, 0.05) is 12.8 Å². The Morgan fingerprint density at radius 2 is 1.40 bits per heavy atom. The first-order valence-electron chi connectivity index (χ1n) is 13.9. The predicted molar refractivity (Wildman–Crippen MR) is 166 cm³/mol. The summed E-state index contributed by atoms with van der Waals surface area (Å²) in [5, 5.41) is 22.8. The number of amides is 5. The zero-order valence-corrected chi connectivity index (χ0v) is 25.4. The number of thiazole rings is 1. The van der Waals surface area contributed by atoms with E-state index in [4.69, 9.17) is 5.73 Å². The number of phenolic OH excluding ortho intramolecular Hbond substituents is 1. The molecule has 0 aliphatic carbocycles. The second kappa shape index (κ2) is 16.5. The molecule has 0 unspecified atom stereocenters. The van der Waals surface area contributed by atoms with Crippen LogP contribution in [0.25, 0.3) is 0 Å². The van der Waals surface area contributed by atoms with Gasteiger partial charge in [0.15, 0.2) is 11.4 Å². The SMILES string of the molecule is C[C@H](NC(=O)[C@H](C)NC(=O)[C@H](Cc1ccccc1)NC(=O)CNc1ncc(C=O)s1)C(=O)N[C@@H](Cc1ccc(O)cc1)C(N)=O. The number of carbonyl (C=O) groups excluding carboxylic acids is 6. The number of hydrogen-bond donors (Lipinski definition) is 7. The van der Waals surface area contributed by atoms with Gasteiger partial charge in [-0.15, -0.1) is 0 Å². The van der Waals surface area contributed by atoms with E-state index in [0.717, 1.165) is 16.9 Å². The summed E-state index contributed by atoms with van der Waals surface area (Å²) in [4.78, 5) is 78.8. The van der Waals surface area contributed by atoms with Crippen LogP contribution in [0.5, 0.6) is 5.75 Å². The summed E-state index contributed by atoms with van der Waals surface area (Å²) in [7, 11) is 0. The molecule has 14 nitrogen and oxygen atoms in total. The second-order valence-electron chi connectivity index (χ2n) is 10.1. The summed E-state index contributed by atoms with van der Waals surface area (Å²) in [6.07, 6.45) is 2.22. The summed E-state index contributed by atoms with van der Waals surface area (Å²) < 4.78 is 0. The van der Waals surface area contributed by atoms with Gasteiger partial charge in [0.2, 0.25) is 29.5 Å². The van der Waals surface area contributed by atoms with E-state index in [1.165, 1.54) is 32.2 Å². The van der Waals surface area contributed by atoms with Gasteiger partial charge in [0.05, 0.1) is 17.6 Å². The number of rotatable bonds is 16. The van der Waals surface area contributed by atoms with E-state index in [9.17, 15) is 33.9 Å². The number of anilines is 1. The lowest BCUT2D eigenvalue weighted by Crippen LogP contribution is -2.57. The van der Waals surface area contributed by atoms with Gasteiger partial charge in [0.1, 0.15) is 29.9 Å². The fraction of sp³-hybridized carbons (Fsp3) is 0.300. The third-order valence-electron chi connectivity index (χ3n) is 6.51. The smallest absolute Gasteiger partial charge is 0.243 e. The summed E-state index contributed by atoms with van der Waals surface area (Å²) in [6, 6.07) is 10.7. The van der Waals surface area contributed by atoms with Crippen molar-refractivity contribution < 1.29 is 33.9 Å². The predicted octanol–water partition coefficient (Wildman–Crippen LogP) is 0.0228. The lowest BCUT2D eigenvalue weighted by Gasteiger charge is -2.23. The minimum absolute atomic E-state index is 0.0449. The van der Waals surface area contributed by atoms with Crippen LogP contribution >= 0.6 is 11.3 Å². The second-order valence-corrected chi connectivity index (χ2v) is 11.2. The van der Waals surface area contributed by atoms with Gasteiger partial charge >= 0.3 is 0 Å². The van der Waals surface area contributed by atoms with Gasteiger partial charge < -0.3 is 37.4 Å². The number of aromatic hydroxyl groups is 1. The molecular weight excluding hydrogens is 602 g/mol. The monoisotopic (exact) mass is 637 g/mol. The van der Waals surface area contributed by atoms with Crippen LogP contribution < -0.4 is 32.3 Å². The number of nitrogens with one attached hydrogen (secondary N) is 5. The number of phenols is 1. The van der Waals surface area contributed by atoms with E-state index in [0.29, 0.717) is 21.9 Å². The van der Waals surface area contributed by atoms with Gasteiger partial charge in [-0.2, -0.15) is 0 Å². The molecule has 3 rings (SSSR count). The number of primary amides is 1. The summed E-state index contributed by atoms with van der Waals surface area (Å²) in [5.41, 5.74) is 6.86. The van der Waals surface area contributed by atoms with Crippen molar-refractivity contribution in [3.63, 3.8) is 0 Å². The molecule has 238 valence electrons. The van der Waals surface area contributed by atoms with Crippen LogP contribution in [0.4, 0.5) is 5.13 Å². The molecule has 15 heteroatoms. The molecule has 3 aromatic rings. The van der Waals surface area contributed by atoms with Gasteiger partial charge in [-0.05, 0) is 37.1 Å². The first-order valence-corrected chi connectivity index (χ1v) is 14.7. The van der Waals surface area contributed by atoms with Crippen molar-refractivity contribution in [2.45, 2.75) is 50.9 Å². The zero-order valence-electron chi connectivity index (χ0n) is 24.6. The minimum atomic E-state index is -1.10. The van der Waals surface area contributed by atoms with E-state index in [2.05, 4.69) is 31.6 Å². The molecule has 0 aliphatic heterocycles. The van der Waals surface area contributed by atoms with Crippen LogP contribution in [0.3, 0.4) is 0 Å². The van der Waals surface area contributed by atoms with Gasteiger partial charge in [-0.25, -0.2) is 4.98 Å². The Morgan fingerprint density at radius 1 is 0.822 bits per heavy atom. The average Bonchev–Trinajstić information content (AvgIpc) is 3.49. The third-order valence-corrected chi connectivity index (χ3v) is 7.39. The van der Waals surface area contributed by atoms with Gasteiger partial charge in [-0.1, -0.05) is 53.8 Å². The number of hydrogen-bond acceptors (Lipinski definition) is 10. The van der Waals surface area contributed by atoms with Crippen LogP contribution in [-0.2, 0) is 36.8 Å². The number of aldehydes is 1. The molecule has 0 aliphatic rings. The Labute approximate surface area is 263 Å². The number of aromatic nitrogens is 1. The minimum Gasteiger partial charge on any atom is -0.508 e. The Kier molecular flexibility index (Phi) is 12.5. The highest BCUT2D eigenvalue weighted by molar-refractivity contribution is 7.17. The van der Waals surface area contributed by atoms with Crippen molar-refractivity contribution in [3.8, 4) is 5.75 Å². The van der Waals surface area contributed by atoms with E-state index in [-0.39, 0.29) is 25.1 Å². The van der Waals surface area contributed by atoms with Crippen molar-refractivity contribution in [2.24, 2.45) is 5.73 Å². The number of nitrogens with two attached hydrogens (primary N) is 1. The van der Waals surface area contributed by atoms with Crippen molar-refractivity contribution in [1.82, 2.24) is 26.3 Å². The lowest BCUT2D eigenvalue weighted by molar-refractivity contribution is -0.133. The van der Waals surface area contributed by atoms with Crippen molar-refractivity contribution in [1.29, 1.82) is 0 Å². The summed E-state index contributed by atoms with van der Waals surface area (Å²) in [6.45, 7) is 2.61. The van der Waals surface area contributed by atoms with Crippen LogP contribution in [0.1, 0.15) is 34.6 Å². The quantitative estimate of drug-likeness (QED) is 0.105. The molecule has 2 aromatic carbocycles. The Balaban J connectivity index is 1.57. The molecule has 4 atom stereocenters. The molecule has 1 heterocycles. The number of nitrogens with zero attached hydrogens (tertiary/aromatic N) is 1. The number of carbonyl (C=O) groups is 6. The van der Waals surface area contributed by atoms with Gasteiger partial charge in [0.25, 0.3) is 0 Å². The highest BCUT2D eigenvalue weighted by atomic mass is 32.1. The topological polar surface area (TPSA) is 222 Å². The van der Waals surface area contributed by atoms with Crippen LogP contribution in [0, 0.1) is 0 Å². The summed E-state index contributed by atoms with van der Waals surface area (Å²) in [5.74, 6) is -3.24. The molecule has 0 fully saturated rings. The largest absolute Gasteiger partial charge is 0.508 e. The van der Waals surface area contributed by atoms with E-state index in [1.807, 2.05) is 6.07 Å². The van der Waals surface area contributed by atoms with Crippen LogP contribution in [0.2, 0.25) is 0 Å². The van der Waals surface area contributed by atoms with Gasteiger partial charge in [-0.3, -0.25) is 28.8 Å². The molecule has 5 amide bonds. The van der Waals surface area contributed by atoms with Crippen molar-refractivity contribution >= 4 is 52.3 Å². The fourth-order valence-electron chi connectivity index (χ4n) is 4.05. The van der Waals surface area contributed by atoms with E-state index in [1.54, 1.807) is 36.4 Å². The summed E-state index contributed by atoms with van der Waals surface area (Å²) >= 11 is 1.07.